The zero-order valence-electron chi connectivity index (χ0n) is 13.9. The van der Waals surface area contributed by atoms with Crippen molar-refractivity contribution in [3.63, 3.8) is 0 Å². The van der Waals surface area contributed by atoms with Gasteiger partial charge in [-0.25, -0.2) is 4.98 Å². The molecule has 8 heteroatoms. The molecule has 0 fully saturated rings. The van der Waals surface area contributed by atoms with E-state index in [0.717, 1.165) is 23.0 Å². The molecule has 0 radical (unpaired) electrons. The number of carbonyl (C=O) groups is 1. The second-order valence-electron chi connectivity index (χ2n) is 5.91. The van der Waals surface area contributed by atoms with Crippen LogP contribution in [0.4, 0.5) is 5.82 Å². The number of fused-ring (bicyclic) bond motifs is 5. The summed E-state index contributed by atoms with van der Waals surface area (Å²) in [6.07, 6.45) is 3.47. The number of anilines is 1. The van der Waals surface area contributed by atoms with Crippen LogP contribution in [0.1, 0.15) is 23.2 Å². The number of nitrogens with zero attached hydrogens (tertiary/aromatic N) is 4. The number of halogens is 1. The van der Waals surface area contributed by atoms with Crippen LogP contribution in [0.3, 0.4) is 0 Å². The predicted molar refractivity (Wildman–Crippen MR) is 105 cm³/mol. The van der Waals surface area contributed by atoms with Gasteiger partial charge in [-0.1, -0.05) is 6.07 Å². The van der Waals surface area contributed by atoms with Crippen molar-refractivity contribution in [3.05, 3.63) is 51.9 Å². The number of rotatable bonds is 0. The lowest BCUT2D eigenvalue weighted by Crippen LogP contribution is -2.16. The Kier molecular flexibility index (Phi) is 4.83. The van der Waals surface area contributed by atoms with Gasteiger partial charge in [0.25, 0.3) is 5.91 Å². The summed E-state index contributed by atoms with van der Waals surface area (Å²) in [5, 5.41) is 11.0. The third kappa shape index (κ3) is 3.55. The van der Waals surface area contributed by atoms with E-state index in [2.05, 4.69) is 43.1 Å². The number of aromatic nitrogens is 4. The number of hydrogen-bond acceptors (Lipinski definition) is 5. The highest BCUT2D eigenvalue weighted by molar-refractivity contribution is 14.1. The summed E-state index contributed by atoms with van der Waals surface area (Å²) in [5.74, 6) is 1.49. The fourth-order valence-corrected chi connectivity index (χ4v) is 3.29. The molecule has 0 spiro atoms. The van der Waals surface area contributed by atoms with E-state index < -0.39 is 0 Å². The normalized spacial score (nSPS) is 14.4. The van der Waals surface area contributed by atoms with Crippen molar-refractivity contribution in [1.82, 2.24) is 19.7 Å². The summed E-state index contributed by atoms with van der Waals surface area (Å²) in [7, 11) is 0. The minimum Gasteiger partial charge on any atom is -0.493 e. The topological polar surface area (TPSA) is 81.9 Å². The lowest BCUT2D eigenvalue weighted by molar-refractivity contribution is 0.102. The molecule has 26 heavy (non-hydrogen) atoms. The van der Waals surface area contributed by atoms with Crippen LogP contribution in [0, 0.1) is 3.57 Å². The van der Waals surface area contributed by atoms with Gasteiger partial charge in [0.2, 0.25) is 0 Å². The first kappa shape index (κ1) is 17.0. The van der Waals surface area contributed by atoms with Crippen LogP contribution in [0.2, 0.25) is 0 Å². The van der Waals surface area contributed by atoms with Crippen LogP contribution >= 0.6 is 22.6 Å². The fourth-order valence-electron chi connectivity index (χ4n) is 2.80. The molecule has 1 aromatic carbocycles. The highest BCUT2D eigenvalue weighted by atomic mass is 127. The Labute approximate surface area is 163 Å². The van der Waals surface area contributed by atoms with E-state index in [9.17, 15) is 4.79 Å². The molecule has 0 aliphatic carbocycles. The van der Waals surface area contributed by atoms with Gasteiger partial charge in [0.15, 0.2) is 5.82 Å². The quantitative estimate of drug-likeness (QED) is 0.520. The van der Waals surface area contributed by atoms with E-state index >= 15 is 0 Å². The van der Waals surface area contributed by atoms with Crippen molar-refractivity contribution in [2.45, 2.75) is 19.4 Å². The van der Waals surface area contributed by atoms with Crippen LogP contribution in [0.25, 0.3) is 11.5 Å². The van der Waals surface area contributed by atoms with E-state index in [1.54, 1.807) is 12.4 Å². The number of benzene rings is 1. The molecule has 0 saturated carbocycles. The minimum absolute atomic E-state index is 0.248. The molecule has 1 N–H and O–H groups in total. The first-order valence-corrected chi connectivity index (χ1v) is 9.37. The average molecular weight is 461 g/mol. The number of ether oxygens (including phenoxy) is 1. The minimum atomic E-state index is -0.248. The number of amides is 1. The molecule has 2 aromatic heterocycles. The number of nitrogens with one attached hydrogen (secondary N) is 1. The monoisotopic (exact) mass is 461 g/mol. The lowest BCUT2D eigenvalue weighted by Gasteiger charge is -2.14. The summed E-state index contributed by atoms with van der Waals surface area (Å²) in [6.45, 7) is 1.32. The molecule has 1 amide bonds. The van der Waals surface area contributed by atoms with E-state index in [4.69, 9.17) is 4.74 Å². The van der Waals surface area contributed by atoms with Crippen LogP contribution in [0.15, 0.2) is 42.7 Å². The lowest BCUT2D eigenvalue weighted by atomic mass is 10.2. The summed E-state index contributed by atoms with van der Waals surface area (Å²) in [6, 6.07) is 11.0. The van der Waals surface area contributed by atoms with Gasteiger partial charge in [0, 0.05) is 10.1 Å². The number of carbonyl (C=O) groups excluding carboxylic acids is 1. The number of pyridine rings is 1. The van der Waals surface area contributed by atoms with E-state index in [0.29, 0.717) is 35.3 Å². The van der Waals surface area contributed by atoms with Crippen molar-refractivity contribution in [2.75, 3.05) is 11.9 Å². The molecule has 7 nitrogen and oxygen atoms in total. The van der Waals surface area contributed by atoms with Gasteiger partial charge in [0.1, 0.15) is 23.6 Å². The largest absolute Gasteiger partial charge is 0.493 e. The van der Waals surface area contributed by atoms with Crippen molar-refractivity contribution in [1.29, 1.82) is 0 Å². The predicted octanol–water partition coefficient (Wildman–Crippen LogP) is 3.37. The van der Waals surface area contributed by atoms with Crippen molar-refractivity contribution in [3.8, 4) is 17.3 Å². The third-order valence-corrected chi connectivity index (χ3v) is 4.74. The maximum atomic E-state index is 12.8. The second-order valence-corrected chi connectivity index (χ2v) is 7.15. The van der Waals surface area contributed by atoms with Crippen LogP contribution < -0.4 is 10.1 Å². The maximum Gasteiger partial charge on any atom is 0.260 e. The summed E-state index contributed by atoms with van der Waals surface area (Å²) < 4.78 is 8.79. The highest BCUT2D eigenvalue weighted by Gasteiger charge is 2.16. The maximum absolute atomic E-state index is 12.8. The van der Waals surface area contributed by atoms with Gasteiger partial charge in [-0.05, 0) is 65.8 Å². The standard InChI is InChI=1S/C18H16IN5O2/c19-12-6-7-15-13(10-12)18(25)22-16-5-3-4-14(21-16)17-23-20-11-24(17)8-1-2-9-26-15/h3-7,10-11H,1-2,8-9H2,(H,21,22,25). The van der Waals surface area contributed by atoms with Crippen LogP contribution in [0.5, 0.6) is 5.75 Å². The Balaban J connectivity index is 1.74. The van der Waals surface area contributed by atoms with Crippen molar-refractivity contribution in [2.24, 2.45) is 0 Å². The molecule has 3 heterocycles. The van der Waals surface area contributed by atoms with Gasteiger partial charge in [-0.2, -0.15) is 0 Å². The Morgan fingerprint density at radius 3 is 3.04 bits per heavy atom. The third-order valence-electron chi connectivity index (χ3n) is 4.07. The molecule has 4 rings (SSSR count). The Morgan fingerprint density at radius 2 is 2.12 bits per heavy atom. The second kappa shape index (κ2) is 7.40. The summed E-state index contributed by atoms with van der Waals surface area (Å²) in [5.41, 5.74) is 1.18. The first-order valence-electron chi connectivity index (χ1n) is 8.30. The number of aryl methyl sites for hydroxylation is 1. The molecule has 132 valence electrons. The van der Waals surface area contributed by atoms with Crippen molar-refractivity contribution >= 4 is 34.3 Å². The van der Waals surface area contributed by atoms with Gasteiger partial charge >= 0.3 is 0 Å². The summed E-state index contributed by atoms with van der Waals surface area (Å²) >= 11 is 2.18. The first-order chi connectivity index (χ1) is 12.7. The molecule has 1 aliphatic heterocycles. The number of hydrogen-bond donors (Lipinski definition) is 1. The molecule has 0 unspecified atom stereocenters. The van der Waals surface area contributed by atoms with Crippen LogP contribution in [-0.4, -0.2) is 32.3 Å². The Hall–Kier alpha value is -2.49. The van der Waals surface area contributed by atoms with Gasteiger partial charge in [-0.3, -0.25) is 4.79 Å². The van der Waals surface area contributed by atoms with Crippen molar-refractivity contribution < 1.29 is 9.53 Å². The zero-order chi connectivity index (χ0) is 17.9. The van der Waals surface area contributed by atoms with E-state index in [1.807, 2.05) is 34.9 Å². The molecule has 0 saturated heterocycles. The average Bonchev–Trinajstić information content (AvgIpc) is 3.10. The smallest absolute Gasteiger partial charge is 0.260 e. The molecule has 1 aliphatic rings. The molecule has 3 aromatic rings. The molecular formula is C18H16IN5O2. The zero-order valence-corrected chi connectivity index (χ0v) is 16.0. The molecule has 0 atom stereocenters. The summed E-state index contributed by atoms with van der Waals surface area (Å²) in [4.78, 5) is 17.3. The van der Waals surface area contributed by atoms with Crippen LogP contribution in [-0.2, 0) is 6.54 Å². The Morgan fingerprint density at radius 1 is 1.19 bits per heavy atom. The Bertz CT molecular complexity index is 956. The molecule has 2 bridgehead atoms. The van der Waals surface area contributed by atoms with Gasteiger partial charge in [-0.15, -0.1) is 10.2 Å². The molecular weight excluding hydrogens is 445 g/mol. The van der Waals surface area contributed by atoms with E-state index in [-0.39, 0.29) is 5.91 Å². The van der Waals surface area contributed by atoms with Gasteiger partial charge in [0.05, 0.1) is 12.2 Å². The van der Waals surface area contributed by atoms with E-state index in [1.165, 1.54) is 0 Å². The fraction of sp³-hybridized carbons (Fsp3) is 0.222. The SMILES string of the molecule is O=C1Nc2cccc(n2)-c2nncn2CCCCOc2ccc(I)cc21. The van der Waals surface area contributed by atoms with Gasteiger partial charge < -0.3 is 14.6 Å². The highest BCUT2D eigenvalue weighted by Crippen LogP contribution is 2.24.